The number of fused-ring (bicyclic) bond motifs is 1. The Morgan fingerprint density at radius 1 is 1.05 bits per heavy atom. The molecule has 0 saturated heterocycles. The van der Waals surface area contributed by atoms with Gasteiger partial charge in [-0.25, -0.2) is 9.18 Å². The maximum atomic E-state index is 13.4. The molecule has 1 N–H and O–H groups in total. The van der Waals surface area contributed by atoms with Crippen molar-refractivity contribution in [3.8, 4) is 5.75 Å². The van der Waals surface area contributed by atoms with E-state index in [1.165, 1.54) is 6.92 Å². The Hall–Kier alpha value is -1.91. The number of hydrogen-bond acceptors (Lipinski definition) is 3. The van der Waals surface area contributed by atoms with Gasteiger partial charge >= 0.3 is 5.63 Å². The largest absolute Gasteiger partial charge is 0.503 e. The van der Waals surface area contributed by atoms with Crippen LogP contribution in [0.2, 0.25) is 0 Å². The van der Waals surface area contributed by atoms with E-state index >= 15 is 0 Å². The molecule has 20 heavy (non-hydrogen) atoms. The van der Waals surface area contributed by atoms with E-state index in [1.54, 1.807) is 6.92 Å². The van der Waals surface area contributed by atoms with Crippen LogP contribution in [0.25, 0.3) is 11.0 Å². The molecular formula is C15H20F2O3. The molecule has 5 heteroatoms. The Kier molecular flexibility index (Phi) is 6.90. The fraction of sp³-hybridized carbons (Fsp3) is 0.400. The van der Waals surface area contributed by atoms with Crippen LogP contribution in [0.15, 0.2) is 15.3 Å². The zero-order valence-electron chi connectivity index (χ0n) is 12.6. The second-order valence-electron chi connectivity index (χ2n) is 3.54. The molecule has 0 saturated carbocycles. The summed E-state index contributed by atoms with van der Waals surface area (Å²) < 4.78 is 31.2. The average Bonchev–Trinajstić information content (AvgIpc) is 2.48. The number of halogens is 2. The number of phenolic OH excluding ortho intramolecular Hbond substituents is 1. The highest BCUT2D eigenvalue weighted by Crippen LogP contribution is 2.30. The molecule has 1 aromatic carbocycles. The Morgan fingerprint density at radius 2 is 1.55 bits per heavy atom. The van der Waals surface area contributed by atoms with Crippen molar-refractivity contribution < 1.29 is 18.3 Å². The van der Waals surface area contributed by atoms with Crippen LogP contribution >= 0.6 is 0 Å². The molecule has 0 aliphatic rings. The Labute approximate surface area is 116 Å². The molecular weight excluding hydrogens is 266 g/mol. The molecule has 0 bridgehead atoms. The molecule has 0 aliphatic heterocycles. The molecule has 0 amide bonds. The lowest BCUT2D eigenvalue weighted by Gasteiger charge is -2.06. The van der Waals surface area contributed by atoms with Crippen molar-refractivity contribution in [3.63, 3.8) is 0 Å². The zero-order chi connectivity index (χ0) is 16.0. The third kappa shape index (κ3) is 3.15. The standard InChI is InChI=1S/C11H8F2O3.2C2H6/c1-4-5(2)11(15)16-10-6(4)3-7(12)9(14)8(10)13;2*1-2/h3,14H,1-2H3;2*1-2H3. The first-order chi connectivity index (χ1) is 9.43. The fourth-order valence-electron chi connectivity index (χ4n) is 1.49. The highest BCUT2D eigenvalue weighted by molar-refractivity contribution is 5.83. The summed E-state index contributed by atoms with van der Waals surface area (Å²) in [5.74, 6) is -3.48. The lowest BCUT2D eigenvalue weighted by Crippen LogP contribution is -2.06. The van der Waals surface area contributed by atoms with Gasteiger partial charge in [0.05, 0.1) is 0 Å². The van der Waals surface area contributed by atoms with E-state index in [0.29, 0.717) is 5.56 Å². The van der Waals surface area contributed by atoms with Crippen LogP contribution in [-0.4, -0.2) is 5.11 Å². The van der Waals surface area contributed by atoms with E-state index in [-0.39, 0.29) is 10.9 Å². The fourth-order valence-corrected chi connectivity index (χ4v) is 1.49. The van der Waals surface area contributed by atoms with E-state index in [1.807, 2.05) is 27.7 Å². The van der Waals surface area contributed by atoms with Gasteiger partial charge in [-0.2, -0.15) is 4.39 Å². The highest BCUT2D eigenvalue weighted by atomic mass is 19.1. The summed E-state index contributed by atoms with van der Waals surface area (Å²) in [7, 11) is 0. The maximum Gasteiger partial charge on any atom is 0.339 e. The van der Waals surface area contributed by atoms with Crippen molar-refractivity contribution in [1.82, 2.24) is 0 Å². The quantitative estimate of drug-likeness (QED) is 0.728. The SMILES string of the molecule is CC.CC.Cc1c(C)c2cc(F)c(O)c(F)c2oc1=O. The molecule has 0 aliphatic carbocycles. The molecule has 112 valence electrons. The van der Waals surface area contributed by atoms with E-state index in [4.69, 9.17) is 5.11 Å². The second kappa shape index (κ2) is 7.62. The molecule has 3 nitrogen and oxygen atoms in total. The molecule has 0 fully saturated rings. The first kappa shape index (κ1) is 18.1. The van der Waals surface area contributed by atoms with Gasteiger partial charge < -0.3 is 9.52 Å². The van der Waals surface area contributed by atoms with Gasteiger partial charge in [-0.05, 0) is 25.5 Å². The van der Waals surface area contributed by atoms with Crippen molar-refractivity contribution in [2.75, 3.05) is 0 Å². The van der Waals surface area contributed by atoms with Gasteiger partial charge in [0.1, 0.15) is 0 Å². The average molecular weight is 286 g/mol. The Balaban J connectivity index is 0.000000829. The summed E-state index contributed by atoms with van der Waals surface area (Å²) in [5, 5.41) is 9.19. The van der Waals surface area contributed by atoms with E-state index in [9.17, 15) is 13.6 Å². The van der Waals surface area contributed by atoms with Crippen molar-refractivity contribution in [2.45, 2.75) is 41.5 Å². The first-order valence-corrected chi connectivity index (χ1v) is 6.54. The summed E-state index contributed by atoms with van der Waals surface area (Å²) in [6.07, 6.45) is 0. The van der Waals surface area contributed by atoms with Gasteiger partial charge in [-0.3, -0.25) is 0 Å². The summed E-state index contributed by atoms with van der Waals surface area (Å²) in [4.78, 5) is 11.3. The third-order valence-electron chi connectivity index (χ3n) is 2.62. The third-order valence-corrected chi connectivity index (χ3v) is 2.62. The monoisotopic (exact) mass is 286 g/mol. The molecule has 2 rings (SSSR count). The van der Waals surface area contributed by atoms with Gasteiger partial charge in [0, 0.05) is 10.9 Å². The van der Waals surface area contributed by atoms with Crippen LogP contribution in [0.5, 0.6) is 5.75 Å². The molecule has 0 atom stereocenters. The minimum Gasteiger partial charge on any atom is -0.503 e. The van der Waals surface area contributed by atoms with Crippen LogP contribution < -0.4 is 5.63 Å². The van der Waals surface area contributed by atoms with Crippen molar-refractivity contribution in [3.05, 3.63) is 39.2 Å². The maximum absolute atomic E-state index is 13.4. The summed E-state index contributed by atoms with van der Waals surface area (Å²) >= 11 is 0. The van der Waals surface area contributed by atoms with E-state index in [2.05, 4.69) is 4.42 Å². The van der Waals surface area contributed by atoms with Crippen LogP contribution in [0.3, 0.4) is 0 Å². The van der Waals surface area contributed by atoms with E-state index in [0.717, 1.165) is 6.07 Å². The van der Waals surface area contributed by atoms with Crippen molar-refractivity contribution in [1.29, 1.82) is 0 Å². The van der Waals surface area contributed by atoms with Crippen molar-refractivity contribution >= 4 is 11.0 Å². The summed E-state index contributed by atoms with van der Waals surface area (Å²) in [6, 6.07) is 0.943. The van der Waals surface area contributed by atoms with Gasteiger partial charge in [-0.1, -0.05) is 27.7 Å². The van der Waals surface area contributed by atoms with Gasteiger partial charge in [-0.15, -0.1) is 0 Å². The normalized spacial score (nSPS) is 9.40. The summed E-state index contributed by atoms with van der Waals surface area (Å²) in [5.41, 5.74) is -0.400. The number of hydrogen-bond donors (Lipinski definition) is 1. The second-order valence-corrected chi connectivity index (χ2v) is 3.54. The molecule has 0 unspecified atom stereocenters. The summed E-state index contributed by atoms with van der Waals surface area (Å²) in [6.45, 7) is 11.1. The number of rotatable bonds is 0. The highest BCUT2D eigenvalue weighted by Gasteiger charge is 2.18. The Bertz CT molecular complexity index is 646. The molecule has 2 aromatic rings. The molecule has 1 heterocycles. The van der Waals surface area contributed by atoms with Gasteiger partial charge in [0.25, 0.3) is 0 Å². The lowest BCUT2D eigenvalue weighted by molar-refractivity contribution is 0.392. The number of benzene rings is 1. The number of aryl methyl sites for hydroxylation is 1. The number of phenols is 1. The molecule has 0 spiro atoms. The van der Waals surface area contributed by atoms with Crippen LogP contribution in [0.1, 0.15) is 38.8 Å². The smallest absolute Gasteiger partial charge is 0.339 e. The zero-order valence-corrected chi connectivity index (χ0v) is 12.6. The lowest BCUT2D eigenvalue weighted by atomic mass is 10.1. The minimum absolute atomic E-state index is 0.143. The Morgan fingerprint density at radius 3 is 2.05 bits per heavy atom. The predicted molar refractivity (Wildman–Crippen MR) is 76.2 cm³/mol. The van der Waals surface area contributed by atoms with E-state index < -0.39 is 28.6 Å². The molecule has 1 aromatic heterocycles. The number of aromatic hydroxyl groups is 1. The predicted octanol–water partition coefficient (Wildman–Crippen LogP) is 4.45. The topological polar surface area (TPSA) is 50.4 Å². The van der Waals surface area contributed by atoms with Crippen LogP contribution in [0.4, 0.5) is 8.78 Å². The van der Waals surface area contributed by atoms with Crippen molar-refractivity contribution in [2.24, 2.45) is 0 Å². The van der Waals surface area contributed by atoms with Crippen LogP contribution in [-0.2, 0) is 0 Å². The minimum atomic E-state index is -1.25. The molecule has 0 radical (unpaired) electrons. The van der Waals surface area contributed by atoms with Gasteiger partial charge in [0.15, 0.2) is 17.1 Å². The first-order valence-electron chi connectivity index (χ1n) is 6.54. The van der Waals surface area contributed by atoms with Crippen LogP contribution in [0, 0.1) is 25.5 Å². The van der Waals surface area contributed by atoms with Gasteiger partial charge in [0.2, 0.25) is 5.82 Å².